The molecule has 0 spiro atoms. The van der Waals surface area contributed by atoms with E-state index in [1.807, 2.05) is 0 Å². The number of hydrogen-bond donors (Lipinski definition) is 2. The molecule has 2 nitrogen and oxygen atoms in total. The summed E-state index contributed by atoms with van der Waals surface area (Å²) in [6.45, 7) is 3.33. The fourth-order valence-electron chi connectivity index (χ4n) is 0. The average molecular weight is 86.1 g/mol. The van der Waals surface area contributed by atoms with Gasteiger partial charge in [0.1, 0.15) is 0 Å². The normalized spacial score (nSPS) is 4.33. The molecule has 0 aliphatic heterocycles. The van der Waals surface area contributed by atoms with E-state index in [-0.39, 0.29) is 0 Å². The Hall–Kier alpha value is -0.660. The second kappa shape index (κ2) is 27.0. The van der Waals surface area contributed by atoms with E-state index in [1.165, 1.54) is 12.4 Å². The summed E-state index contributed by atoms with van der Waals surface area (Å²) in [7, 11) is 0. The minimum atomic E-state index is 1.25. The number of nitrogens with one attached hydrogen (secondary N) is 2. The van der Waals surface area contributed by atoms with Gasteiger partial charge in [0.2, 0.25) is 0 Å². The molecule has 0 atom stereocenters. The summed E-state index contributed by atoms with van der Waals surface area (Å²) in [6.07, 6.45) is 2.50. The van der Waals surface area contributed by atoms with Crippen molar-refractivity contribution in [1.29, 1.82) is 10.8 Å². The smallest absolute Gasteiger partial charge is 0.00788 e. The molecule has 36 valence electrons. The molecular weight excluding hydrogens is 76.1 g/mol. The van der Waals surface area contributed by atoms with Crippen LogP contribution in [-0.4, -0.2) is 12.4 Å². The third-order valence-corrected chi connectivity index (χ3v) is 0. The van der Waals surface area contributed by atoms with Gasteiger partial charge in [-0.2, -0.15) is 0 Å². The van der Waals surface area contributed by atoms with Crippen LogP contribution in [0.2, 0.25) is 0 Å². The highest BCUT2D eigenvalue weighted by Crippen LogP contribution is 1.17. The van der Waals surface area contributed by atoms with Gasteiger partial charge in [0, 0.05) is 0 Å². The van der Waals surface area contributed by atoms with Crippen molar-refractivity contribution in [2.24, 2.45) is 0 Å². The molecule has 0 bridgehead atoms. The Morgan fingerprint density at radius 2 is 1.00 bits per heavy atom. The zero-order valence-electron chi connectivity index (χ0n) is 4.15. The summed E-state index contributed by atoms with van der Waals surface area (Å²) in [5, 5.41) is 12.2. The highest BCUT2D eigenvalue weighted by Gasteiger charge is 1.17. The van der Waals surface area contributed by atoms with Crippen LogP contribution in [0.1, 0.15) is 13.8 Å². The van der Waals surface area contributed by atoms with Gasteiger partial charge in [-0.1, -0.05) is 0 Å². The molecular formula is C4H10N2. The first-order valence-corrected chi connectivity index (χ1v) is 1.73. The van der Waals surface area contributed by atoms with Gasteiger partial charge in [-0.05, 0) is 26.3 Å². The maximum atomic E-state index is 6.08. The van der Waals surface area contributed by atoms with Crippen molar-refractivity contribution in [2.75, 3.05) is 0 Å². The zero-order valence-corrected chi connectivity index (χ0v) is 4.15. The first-order chi connectivity index (χ1) is 2.83. The first-order valence-electron chi connectivity index (χ1n) is 1.73. The Morgan fingerprint density at radius 3 is 1.00 bits per heavy atom. The molecule has 0 amide bonds. The van der Waals surface area contributed by atoms with Gasteiger partial charge in [-0.15, -0.1) is 0 Å². The molecule has 0 aromatic heterocycles. The van der Waals surface area contributed by atoms with E-state index in [9.17, 15) is 0 Å². The van der Waals surface area contributed by atoms with E-state index in [2.05, 4.69) is 0 Å². The molecule has 2 N–H and O–H groups in total. The Bertz CT molecular complexity index is 26.5. The summed E-state index contributed by atoms with van der Waals surface area (Å²) in [6, 6.07) is 0. The molecule has 0 rings (SSSR count). The largest absolute Gasteiger partial charge is 0.313 e. The molecule has 0 aliphatic carbocycles. The van der Waals surface area contributed by atoms with Crippen molar-refractivity contribution < 1.29 is 0 Å². The Morgan fingerprint density at radius 1 is 1.00 bits per heavy atom. The van der Waals surface area contributed by atoms with Gasteiger partial charge < -0.3 is 10.8 Å². The van der Waals surface area contributed by atoms with E-state index in [1.54, 1.807) is 13.8 Å². The third-order valence-electron chi connectivity index (χ3n) is 0. The molecule has 0 aliphatic rings. The van der Waals surface area contributed by atoms with Crippen LogP contribution < -0.4 is 0 Å². The summed E-state index contributed by atoms with van der Waals surface area (Å²) < 4.78 is 0. The number of hydrogen-bond acceptors (Lipinski definition) is 2. The average Bonchev–Trinajstić information content (AvgIpc) is 1.39. The van der Waals surface area contributed by atoms with Crippen molar-refractivity contribution in [3.63, 3.8) is 0 Å². The Labute approximate surface area is 38.2 Å². The minimum absolute atomic E-state index is 1.25. The lowest BCUT2D eigenvalue weighted by Crippen LogP contribution is -1.32. The van der Waals surface area contributed by atoms with Crippen LogP contribution in [-0.2, 0) is 0 Å². The molecule has 0 unspecified atom stereocenters. The Kier molecular flexibility index (Phi) is 40.5. The molecule has 0 aromatic rings. The van der Waals surface area contributed by atoms with E-state index < -0.39 is 0 Å². The van der Waals surface area contributed by atoms with Gasteiger partial charge >= 0.3 is 0 Å². The highest BCUT2D eigenvalue weighted by atomic mass is 14.3. The van der Waals surface area contributed by atoms with E-state index in [0.29, 0.717) is 0 Å². The van der Waals surface area contributed by atoms with Gasteiger partial charge in [-0.25, -0.2) is 0 Å². The lowest BCUT2D eigenvalue weighted by molar-refractivity contribution is 1.55. The van der Waals surface area contributed by atoms with Crippen LogP contribution >= 0.6 is 0 Å². The third kappa shape index (κ3) is 42.0. The Balaban J connectivity index is 0. The lowest BCUT2D eigenvalue weighted by atomic mass is 10.9. The van der Waals surface area contributed by atoms with Gasteiger partial charge in [0.05, 0.1) is 0 Å². The summed E-state index contributed by atoms with van der Waals surface area (Å²) in [5.41, 5.74) is 0. The molecule has 0 saturated heterocycles. The second-order valence-corrected chi connectivity index (χ2v) is 0.577. The van der Waals surface area contributed by atoms with Gasteiger partial charge in [-0.3, -0.25) is 0 Å². The first kappa shape index (κ1) is 9.02. The minimum Gasteiger partial charge on any atom is -0.313 e. The summed E-state index contributed by atoms with van der Waals surface area (Å²) in [5.74, 6) is 0. The van der Waals surface area contributed by atoms with Crippen LogP contribution in [0.3, 0.4) is 0 Å². The fraction of sp³-hybridized carbons (Fsp3) is 0.500. The second-order valence-electron chi connectivity index (χ2n) is 0.577. The van der Waals surface area contributed by atoms with Crippen molar-refractivity contribution in [3.05, 3.63) is 0 Å². The van der Waals surface area contributed by atoms with Crippen LogP contribution in [0.4, 0.5) is 0 Å². The van der Waals surface area contributed by atoms with Crippen molar-refractivity contribution in [2.45, 2.75) is 13.8 Å². The summed E-state index contributed by atoms with van der Waals surface area (Å²) >= 11 is 0. The van der Waals surface area contributed by atoms with Crippen molar-refractivity contribution >= 4 is 12.4 Å². The van der Waals surface area contributed by atoms with E-state index in [0.717, 1.165) is 0 Å². The van der Waals surface area contributed by atoms with Gasteiger partial charge in [0.15, 0.2) is 0 Å². The SMILES string of the molecule is CC=N.CC=N. The van der Waals surface area contributed by atoms with Crippen LogP contribution in [0.5, 0.6) is 0 Å². The molecule has 2 heteroatoms. The molecule has 0 heterocycles. The van der Waals surface area contributed by atoms with E-state index >= 15 is 0 Å². The molecule has 6 heavy (non-hydrogen) atoms. The predicted molar refractivity (Wildman–Crippen MR) is 28.9 cm³/mol. The molecule has 0 saturated carbocycles. The quantitative estimate of drug-likeness (QED) is 0.417. The molecule has 0 aromatic carbocycles. The van der Waals surface area contributed by atoms with Gasteiger partial charge in [0.25, 0.3) is 0 Å². The zero-order chi connectivity index (χ0) is 5.41. The topological polar surface area (TPSA) is 47.7 Å². The van der Waals surface area contributed by atoms with E-state index in [4.69, 9.17) is 10.8 Å². The molecule has 0 radical (unpaired) electrons. The van der Waals surface area contributed by atoms with Crippen LogP contribution in [0.25, 0.3) is 0 Å². The number of rotatable bonds is 0. The van der Waals surface area contributed by atoms with Crippen molar-refractivity contribution in [3.8, 4) is 0 Å². The standard InChI is InChI=1S/2C2H5N/c2*1-2-3/h2*2-3H,1H3. The van der Waals surface area contributed by atoms with Crippen LogP contribution in [0.15, 0.2) is 0 Å². The predicted octanol–water partition coefficient (Wildman–Crippen LogP) is 1.31. The maximum absolute atomic E-state index is 6.08. The van der Waals surface area contributed by atoms with Crippen molar-refractivity contribution in [1.82, 2.24) is 0 Å². The van der Waals surface area contributed by atoms with Crippen LogP contribution in [0, 0.1) is 10.8 Å². The highest BCUT2D eigenvalue weighted by molar-refractivity contribution is 5.48. The summed E-state index contributed by atoms with van der Waals surface area (Å²) in [4.78, 5) is 0. The lowest BCUT2D eigenvalue weighted by Gasteiger charge is -1.30. The maximum Gasteiger partial charge on any atom is -0.00788 e. The fourth-order valence-corrected chi connectivity index (χ4v) is 0. The molecule has 0 fully saturated rings. The monoisotopic (exact) mass is 86.1 g/mol.